The summed E-state index contributed by atoms with van der Waals surface area (Å²) >= 11 is 0. The number of fused-ring (bicyclic) bond motifs is 1. The molecule has 0 amide bonds. The number of unbranched alkanes of at least 4 members (excludes halogenated alkanes) is 1. The Balaban J connectivity index is 2.60. The summed E-state index contributed by atoms with van der Waals surface area (Å²) in [5, 5.41) is 0. The summed E-state index contributed by atoms with van der Waals surface area (Å²) in [6.07, 6.45) is 1.71. The van der Waals surface area contributed by atoms with E-state index in [-0.39, 0.29) is 28.3 Å². The standard InChI is InChI=1S/C16H19NO5S/c1-4-5-10-14(19)22-16-12-8-6-7-9-13(12)23(20,21)17(3)15(16)11(2)18/h6-9H,4-5,10H2,1-3H3. The van der Waals surface area contributed by atoms with E-state index >= 15 is 0 Å². The van der Waals surface area contributed by atoms with Crippen molar-refractivity contribution >= 4 is 27.5 Å². The molecule has 1 aliphatic rings. The Hall–Kier alpha value is -2.15. The van der Waals surface area contributed by atoms with Crippen LogP contribution in [-0.4, -0.2) is 31.5 Å². The molecule has 0 aliphatic carbocycles. The van der Waals surface area contributed by atoms with E-state index in [1.165, 1.54) is 26.1 Å². The molecule has 0 spiro atoms. The van der Waals surface area contributed by atoms with Gasteiger partial charge in [-0.15, -0.1) is 0 Å². The monoisotopic (exact) mass is 337 g/mol. The van der Waals surface area contributed by atoms with Gasteiger partial charge >= 0.3 is 5.97 Å². The average Bonchev–Trinajstić information content (AvgIpc) is 2.50. The number of esters is 1. The molecule has 0 N–H and O–H groups in total. The van der Waals surface area contributed by atoms with Gasteiger partial charge in [-0.25, -0.2) is 8.42 Å². The lowest BCUT2D eigenvalue weighted by molar-refractivity contribution is -0.136. The van der Waals surface area contributed by atoms with Crippen LogP contribution in [0.15, 0.2) is 34.9 Å². The highest BCUT2D eigenvalue weighted by molar-refractivity contribution is 7.89. The minimum absolute atomic E-state index is 0.00604. The number of ketones is 1. The van der Waals surface area contributed by atoms with Crippen molar-refractivity contribution in [1.29, 1.82) is 0 Å². The van der Waals surface area contributed by atoms with E-state index in [1.54, 1.807) is 12.1 Å². The second-order valence-electron chi connectivity index (χ2n) is 5.28. The fourth-order valence-electron chi connectivity index (χ4n) is 2.39. The molecule has 1 heterocycles. The zero-order valence-electron chi connectivity index (χ0n) is 13.3. The van der Waals surface area contributed by atoms with Gasteiger partial charge in [0.25, 0.3) is 10.0 Å². The van der Waals surface area contributed by atoms with Crippen LogP contribution in [0.1, 0.15) is 38.7 Å². The SMILES string of the molecule is CCCCC(=O)OC1=C(C(C)=O)N(C)S(=O)(=O)c2ccccc21. The second-order valence-corrected chi connectivity index (χ2v) is 7.22. The van der Waals surface area contributed by atoms with Crippen LogP contribution >= 0.6 is 0 Å². The summed E-state index contributed by atoms with van der Waals surface area (Å²) in [7, 11) is -2.56. The summed E-state index contributed by atoms with van der Waals surface area (Å²) in [6.45, 7) is 3.19. The summed E-state index contributed by atoms with van der Waals surface area (Å²) in [5.74, 6) is -0.960. The first-order valence-electron chi connectivity index (χ1n) is 7.35. The summed E-state index contributed by atoms with van der Waals surface area (Å²) in [6, 6.07) is 6.18. The minimum atomic E-state index is -3.84. The van der Waals surface area contributed by atoms with Crippen LogP contribution < -0.4 is 0 Å². The van der Waals surface area contributed by atoms with E-state index in [2.05, 4.69) is 0 Å². The molecule has 2 rings (SSSR count). The van der Waals surface area contributed by atoms with Crippen molar-refractivity contribution in [2.75, 3.05) is 7.05 Å². The number of carbonyl (C=O) groups excluding carboxylic acids is 2. The molecule has 23 heavy (non-hydrogen) atoms. The van der Waals surface area contributed by atoms with Gasteiger partial charge in [-0.2, -0.15) is 0 Å². The van der Waals surface area contributed by atoms with Crippen molar-refractivity contribution in [3.8, 4) is 0 Å². The molecule has 1 aromatic rings. The van der Waals surface area contributed by atoms with Gasteiger partial charge in [-0.1, -0.05) is 25.5 Å². The number of sulfonamides is 1. The zero-order valence-corrected chi connectivity index (χ0v) is 14.1. The lowest BCUT2D eigenvalue weighted by Gasteiger charge is -2.29. The Bertz CT molecular complexity index is 779. The summed E-state index contributed by atoms with van der Waals surface area (Å²) in [5.41, 5.74) is 0.106. The smallest absolute Gasteiger partial charge is 0.311 e. The molecule has 0 bridgehead atoms. The highest BCUT2D eigenvalue weighted by Crippen LogP contribution is 2.36. The molecule has 124 valence electrons. The van der Waals surface area contributed by atoms with Gasteiger partial charge in [0, 0.05) is 26.0 Å². The molecule has 1 aromatic carbocycles. The highest BCUT2D eigenvalue weighted by Gasteiger charge is 2.38. The molecule has 0 saturated carbocycles. The number of ether oxygens (including phenoxy) is 1. The fraction of sp³-hybridized carbons (Fsp3) is 0.375. The van der Waals surface area contributed by atoms with E-state index in [0.717, 1.165) is 10.7 Å². The van der Waals surface area contributed by atoms with Crippen molar-refractivity contribution < 1.29 is 22.7 Å². The predicted octanol–water partition coefficient (Wildman–Crippen LogP) is 2.31. The third-order valence-electron chi connectivity index (χ3n) is 3.58. The van der Waals surface area contributed by atoms with Crippen molar-refractivity contribution in [3.05, 3.63) is 35.5 Å². The van der Waals surface area contributed by atoms with Crippen LogP contribution in [0.4, 0.5) is 0 Å². The molecule has 0 fully saturated rings. The topological polar surface area (TPSA) is 80.8 Å². The average molecular weight is 337 g/mol. The lowest BCUT2D eigenvalue weighted by atomic mass is 10.1. The molecular weight excluding hydrogens is 318 g/mol. The van der Waals surface area contributed by atoms with Gasteiger partial charge in [-0.05, 0) is 18.6 Å². The maximum Gasteiger partial charge on any atom is 0.311 e. The third-order valence-corrected chi connectivity index (χ3v) is 5.40. The van der Waals surface area contributed by atoms with Crippen molar-refractivity contribution in [2.45, 2.75) is 38.0 Å². The summed E-state index contributed by atoms with van der Waals surface area (Å²) < 4.78 is 31.3. The molecule has 0 aromatic heterocycles. The predicted molar refractivity (Wildman–Crippen MR) is 84.6 cm³/mol. The maximum absolute atomic E-state index is 12.5. The molecule has 0 unspecified atom stereocenters. The van der Waals surface area contributed by atoms with Gasteiger partial charge in [0.15, 0.2) is 11.5 Å². The largest absolute Gasteiger partial charge is 0.423 e. The first kappa shape index (κ1) is 17.2. The zero-order chi connectivity index (χ0) is 17.2. The minimum Gasteiger partial charge on any atom is -0.423 e. The van der Waals surface area contributed by atoms with Crippen molar-refractivity contribution in [3.63, 3.8) is 0 Å². The number of nitrogens with zero attached hydrogens (tertiary/aromatic N) is 1. The molecule has 0 saturated heterocycles. The number of hydrogen-bond acceptors (Lipinski definition) is 5. The number of likely N-dealkylation sites (N-methyl/N-ethyl adjacent to an activating group) is 1. The molecule has 1 aliphatic heterocycles. The number of benzene rings is 1. The first-order chi connectivity index (χ1) is 10.8. The maximum atomic E-state index is 12.5. The Kier molecular flexibility index (Phi) is 4.89. The van der Waals surface area contributed by atoms with Crippen LogP contribution in [0.25, 0.3) is 5.76 Å². The molecule has 6 nitrogen and oxygen atoms in total. The van der Waals surface area contributed by atoms with E-state index in [1.807, 2.05) is 6.92 Å². The summed E-state index contributed by atoms with van der Waals surface area (Å²) in [4.78, 5) is 24.0. The number of Topliss-reactive ketones (excluding diaryl/α,β-unsaturated/α-hetero) is 1. The Morgan fingerprint density at radius 1 is 1.22 bits per heavy atom. The van der Waals surface area contributed by atoms with E-state index in [9.17, 15) is 18.0 Å². The number of allylic oxidation sites excluding steroid dienone is 1. The van der Waals surface area contributed by atoms with Crippen molar-refractivity contribution in [2.24, 2.45) is 0 Å². The van der Waals surface area contributed by atoms with Crippen molar-refractivity contribution in [1.82, 2.24) is 4.31 Å². The molecule has 0 radical (unpaired) electrons. The van der Waals surface area contributed by atoms with E-state index in [4.69, 9.17) is 4.74 Å². The van der Waals surface area contributed by atoms with Gasteiger partial charge in [0.2, 0.25) is 0 Å². The quantitative estimate of drug-likeness (QED) is 0.770. The molecule has 7 heteroatoms. The van der Waals surface area contributed by atoms with E-state index in [0.29, 0.717) is 6.42 Å². The van der Waals surface area contributed by atoms with Gasteiger partial charge in [0.1, 0.15) is 5.70 Å². The molecule has 0 atom stereocenters. The van der Waals surface area contributed by atoms with E-state index < -0.39 is 21.8 Å². The van der Waals surface area contributed by atoms with Crippen LogP contribution in [0.2, 0.25) is 0 Å². The van der Waals surface area contributed by atoms with Crippen LogP contribution in [0.3, 0.4) is 0 Å². The van der Waals surface area contributed by atoms with Crippen LogP contribution in [0.5, 0.6) is 0 Å². The van der Waals surface area contributed by atoms with Gasteiger partial charge in [0.05, 0.1) is 4.90 Å². The fourth-order valence-corrected chi connectivity index (χ4v) is 3.82. The third kappa shape index (κ3) is 3.14. The number of rotatable bonds is 5. The Labute approximate surface area is 135 Å². The number of hydrogen-bond donors (Lipinski definition) is 0. The highest BCUT2D eigenvalue weighted by atomic mass is 32.2. The van der Waals surface area contributed by atoms with Crippen LogP contribution in [-0.2, 0) is 24.3 Å². The second kappa shape index (κ2) is 6.54. The normalized spacial score (nSPS) is 16.0. The number of carbonyl (C=O) groups is 2. The van der Waals surface area contributed by atoms with Crippen LogP contribution in [0, 0.1) is 0 Å². The molecular formula is C16H19NO5S. The lowest BCUT2D eigenvalue weighted by Crippen LogP contribution is -2.35. The van der Waals surface area contributed by atoms with Gasteiger partial charge in [-0.3, -0.25) is 13.9 Å². The van der Waals surface area contributed by atoms with Gasteiger partial charge < -0.3 is 4.74 Å². The Morgan fingerprint density at radius 3 is 2.48 bits per heavy atom. The Morgan fingerprint density at radius 2 is 1.87 bits per heavy atom. The first-order valence-corrected chi connectivity index (χ1v) is 8.79.